The Hall–Kier alpha value is -1.56. The van der Waals surface area contributed by atoms with Gasteiger partial charge in [0.05, 0.1) is 23.2 Å². The van der Waals surface area contributed by atoms with E-state index in [0.717, 1.165) is 23.1 Å². The summed E-state index contributed by atoms with van der Waals surface area (Å²) in [5.74, 6) is 0.517. The summed E-state index contributed by atoms with van der Waals surface area (Å²) in [6, 6.07) is 2.06. The van der Waals surface area contributed by atoms with Crippen molar-refractivity contribution in [2.75, 3.05) is 12.3 Å². The van der Waals surface area contributed by atoms with Crippen molar-refractivity contribution in [3.8, 4) is 0 Å². The molecule has 0 bridgehead atoms. The van der Waals surface area contributed by atoms with Gasteiger partial charge in [-0.3, -0.25) is 4.79 Å². The number of amides is 1. The second-order valence-electron chi connectivity index (χ2n) is 4.87. The van der Waals surface area contributed by atoms with Gasteiger partial charge in [0, 0.05) is 18.0 Å². The van der Waals surface area contributed by atoms with Gasteiger partial charge in [0.1, 0.15) is 0 Å². The zero-order chi connectivity index (χ0) is 14.7. The lowest BCUT2D eigenvalue weighted by atomic mass is 10.1. The zero-order valence-electron chi connectivity index (χ0n) is 12.1. The SMILES string of the molecule is CCC(C)n1ncc2c(C(=O)NCCS)cc(C)nc21. The van der Waals surface area contributed by atoms with E-state index in [9.17, 15) is 4.79 Å². The number of fused-ring (bicyclic) bond motifs is 1. The van der Waals surface area contributed by atoms with Gasteiger partial charge in [0.2, 0.25) is 0 Å². The van der Waals surface area contributed by atoms with E-state index in [1.54, 1.807) is 12.3 Å². The molecule has 2 aromatic rings. The van der Waals surface area contributed by atoms with Gasteiger partial charge in [-0.15, -0.1) is 0 Å². The van der Waals surface area contributed by atoms with E-state index in [-0.39, 0.29) is 11.9 Å². The molecule has 0 aliphatic rings. The van der Waals surface area contributed by atoms with Gasteiger partial charge in [0.15, 0.2) is 5.65 Å². The van der Waals surface area contributed by atoms with Crippen LogP contribution in [0.4, 0.5) is 0 Å². The Morgan fingerprint density at radius 3 is 2.95 bits per heavy atom. The van der Waals surface area contributed by atoms with E-state index < -0.39 is 0 Å². The highest BCUT2D eigenvalue weighted by Gasteiger charge is 2.17. The average Bonchev–Trinajstić information content (AvgIpc) is 2.86. The van der Waals surface area contributed by atoms with E-state index in [2.05, 4.69) is 41.9 Å². The predicted octanol–water partition coefficient (Wildman–Crippen LogP) is 2.37. The molecular weight excluding hydrogens is 272 g/mol. The summed E-state index contributed by atoms with van der Waals surface area (Å²) in [5, 5.41) is 8.03. The number of hydrogen-bond donors (Lipinski definition) is 2. The monoisotopic (exact) mass is 292 g/mol. The van der Waals surface area contributed by atoms with Crippen LogP contribution in [0.2, 0.25) is 0 Å². The molecule has 20 heavy (non-hydrogen) atoms. The van der Waals surface area contributed by atoms with Crippen LogP contribution in [0.3, 0.4) is 0 Å². The van der Waals surface area contributed by atoms with Crippen molar-refractivity contribution in [2.45, 2.75) is 33.2 Å². The van der Waals surface area contributed by atoms with Crippen LogP contribution < -0.4 is 5.32 Å². The number of pyridine rings is 1. The molecule has 0 aromatic carbocycles. The number of nitrogens with zero attached hydrogens (tertiary/aromatic N) is 3. The van der Waals surface area contributed by atoms with Crippen LogP contribution in [0.15, 0.2) is 12.3 Å². The highest BCUT2D eigenvalue weighted by Crippen LogP contribution is 2.22. The minimum Gasteiger partial charge on any atom is -0.351 e. The largest absolute Gasteiger partial charge is 0.351 e. The van der Waals surface area contributed by atoms with Gasteiger partial charge in [-0.2, -0.15) is 17.7 Å². The first-order chi connectivity index (χ1) is 9.58. The number of aromatic nitrogens is 3. The Morgan fingerprint density at radius 1 is 1.55 bits per heavy atom. The number of nitrogens with one attached hydrogen (secondary N) is 1. The molecule has 1 unspecified atom stereocenters. The van der Waals surface area contributed by atoms with E-state index in [4.69, 9.17) is 0 Å². The lowest BCUT2D eigenvalue weighted by molar-refractivity contribution is 0.0957. The molecule has 2 rings (SSSR count). The first-order valence-corrected chi connectivity index (χ1v) is 7.45. The number of thiol groups is 1. The fourth-order valence-corrected chi connectivity index (χ4v) is 2.20. The maximum atomic E-state index is 12.2. The van der Waals surface area contributed by atoms with Crippen LogP contribution in [-0.4, -0.2) is 33.0 Å². The van der Waals surface area contributed by atoms with E-state index in [1.165, 1.54) is 0 Å². The van der Waals surface area contributed by atoms with Gasteiger partial charge < -0.3 is 5.32 Å². The fourth-order valence-electron chi connectivity index (χ4n) is 2.09. The highest BCUT2D eigenvalue weighted by molar-refractivity contribution is 7.80. The quantitative estimate of drug-likeness (QED) is 0.832. The molecule has 0 aliphatic carbocycles. The molecule has 0 saturated heterocycles. The van der Waals surface area contributed by atoms with Crippen molar-refractivity contribution in [3.63, 3.8) is 0 Å². The molecule has 0 spiro atoms. The number of hydrogen-bond acceptors (Lipinski definition) is 4. The molecule has 108 valence electrons. The molecule has 0 saturated carbocycles. The fraction of sp³-hybridized carbons (Fsp3) is 0.500. The molecule has 6 heteroatoms. The maximum Gasteiger partial charge on any atom is 0.252 e. The Kier molecular flexibility index (Phi) is 4.65. The van der Waals surface area contributed by atoms with Crippen molar-refractivity contribution in [3.05, 3.63) is 23.5 Å². The molecule has 1 N–H and O–H groups in total. The molecule has 1 amide bonds. The molecule has 0 aliphatic heterocycles. The Labute approximate surface area is 124 Å². The third-order valence-electron chi connectivity index (χ3n) is 3.35. The van der Waals surface area contributed by atoms with E-state index >= 15 is 0 Å². The minimum atomic E-state index is -0.0988. The van der Waals surface area contributed by atoms with Gasteiger partial charge >= 0.3 is 0 Å². The Balaban J connectivity index is 2.51. The van der Waals surface area contributed by atoms with Gasteiger partial charge in [-0.1, -0.05) is 6.92 Å². The standard InChI is InChI=1S/C14H20N4OS/c1-4-10(3)18-13-12(8-16-18)11(7-9(2)17-13)14(19)15-5-6-20/h7-8,10,20H,4-6H2,1-3H3,(H,15,19). The van der Waals surface area contributed by atoms with Crippen molar-refractivity contribution < 1.29 is 4.79 Å². The number of carbonyl (C=O) groups is 1. The third-order valence-corrected chi connectivity index (χ3v) is 3.57. The number of carbonyl (C=O) groups excluding carboxylic acids is 1. The van der Waals surface area contributed by atoms with Gasteiger partial charge in [0.25, 0.3) is 5.91 Å². The summed E-state index contributed by atoms with van der Waals surface area (Å²) in [4.78, 5) is 16.7. The smallest absolute Gasteiger partial charge is 0.252 e. The Bertz CT molecular complexity index is 623. The van der Waals surface area contributed by atoms with Crippen LogP contribution in [0.1, 0.15) is 42.4 Å². The second-order valence-corrected chi connectivity index (χ2v) is 5.32. The molecule has 0 radical (unpaired) electrons. The summed E-state index contributed by atoms with van der Waals surface area (Å²) >= 11 is 4.10. The van der Waals surface area contributed by atoms with Gasteiger partial charge in [-0.25, -0.2) is 9.67 Å². The molecular formula is C14H20N4OS. The molecule has 2 heterocycles. The topological polar surface area (TPSA) is 59.8 Å². The highest BCUT2D eigenvalue weighted by atomic mass is 32.1. The van der Waals surface area contributed by atoms with Crippen LogP contribution >= 0.6 is 12.6 Å². The summed E-state index contributed by atoms with van der Waals surface area (Å²) in [5.41, 5.74) is 2.22. The normalized spacial score (nSPS) is 12.6. The lowest BCUT2D eigenvalue weighted by Gasteiger charge is -2.11. The second kappa shape index (κ2) is 6.26. The van der Waals surface area contributed by atoms with Crippen molar-refractivity contribution in [1.82, 2.24) is 20.1 Å². The summed E-state index contributed by atoms with van der Waals surface area (Å²) < 4.78 is 1.89. The maximum absolute atomic E-state index is 12.2. The molecule has 5 nitrogen and oxygen atoms in total. The molecule has 0 fully saturated rings. The first-order valence-electron chi connectivity index (χ1n) is 6.82. The number of rotatable bonds is 5. The van der Waals surface area contributed by atoms with Crippen molar-refractivity contribution in [2.24, 2.45) is 0 Å². The minimum absolute atomic E-state index is 0.0988. The lowest BCUT2D eigenvalue weighted by Crippen LogP contribution is -2.25. The van der Waals surface area contributed by atoms with Crippen molar-refractivity contribution in [1.29, 1.82) is 0 Å². The van der Waals surface area contributed by atoms with E-state index in [1.807, 2.05) is 11.6 Å². The predicted molar refractivity (Wildman–Crippen MR) is 83.5 cm³/mol. The first kappa shape index (κ1) is 14.8. The summed E-state index contributed by atoms with van der Waals surface area (Å²) in [7, 11) is 0. The average molecular weight is 292 g/mol. The summed E-state index contributed by atoms with van der Waals surface area (Å²) in [6.45, 7) is 6.64. The van der Waals surface area contributed by atoms with Crippen LogP contribution in [0.5, 0.6) is 0 Å². The number of aryl methyl sites for hydroxylation is 1. The van der Waals surface area contributed by atoms with Crippen molar-refractivity contribution >= 4 is 29.6 Å². The zero-order valence-corrected chi connectivity index (χ0v) is 12.9. The van der Waals surface area contributed by atoms with E-state index in [0.29, 0.717) is 17.9 Å². The van der Waals surface area contributed by atoms with Gasteiger partial charge in [-0.05, 0) is 26.3 Å². The summed E-state index contributed by atoms with van der Waals surface area (Å²) in [6.07, 6.45) is 2.69. The third kappa shape index (κ3) is 2.80. The van der Waals surface area contributed by atoms with Crippen LogP contribution in [0.25, 0.3) is 11.0 Å². The van der Waals surface area contributed by atoms with Crippen LogP contribution in [0, 0.1) is 6.92 Å². The van der Waals surface area contributed by atoms with Crippen LogP contribution in [-0.2, 0) is 0 Å². The molecule has 1 atom stereocenters. The Morgan fingerprint density at radius 2 is 2.30 bits per heavy atom. The molecule has 2 aromatic heterocycles.